The van der Waals surface area contributed by atoms with Gasteiger partial charge in [0.05, 0.1) is 16.8 Å². The van der Waals surface area contributed by atoms with E-state index in [0.717, 1.165) is 31.8 Å². The van der Waals surface area contributed by atoms with Crippen molar-refractivity contribution in [3.8, 4) is 16.9 Å². The fourth-order valence-electron chi connectivity index (χ4n) is 3.16. The number of hydrogen-bond acceptors (Lipinski definition) is 6. The molecule has 0 aliphatic heterocycles. The number of aromatic hydroxyl groups is 1. The smallest absolute Gasteiger partial charge is 0.234 e. The number of benzene rings is 2. The van der Waals surface area contributed by atoms with Gasteiger partial charge in [-0.2, -0.15) is 0 Å². The lowest BCUT2D eigenvalue weighted by Crippen LogP contribution is -2.14. The highest BCUT2D eigenvalue weighted by Crippen LogP contribution is 2.41. The Balaban J connectivity index is 1.61. The van der Waals surface area contributed by atoms with Gasteiger partial charge in [0.1, 0.15) is 27.8 Å². The van der Waals surface area contributed by atoms with Crippen molar-refractivity contribution in [1.82, 2.24) is 9.97 Å². The van der Waals surface area contributed by atoms with Gasteiger partial charge >= 0.3 is 0 Å². The predicted octanol–water partition coefficient (Wildman–Crippen LogP) is 5.55. The van der Waals surface area contributed by atoms with E-state index in [1.54, 1.807) is 41.7 Å². The Kier molecular flexibility index (Phi) is 5.69. The molecule has 30 heavy (non-hydrogen) atoms. The molecule has 0 spiro atoms. The summed E-state index contributed by atoms with van der Waals surface area (Å²) in [4.78, 5) is 23.1. The van der Waals surface area contributed by atoms with Gasteiger partial charge in [-0.3, -0.25) is 4.79 Å². The number of phenols is 1. The minimum atomic E-state index is -0.294. The quantitative estimate of drug-likeness (QED) is 0.242. The molecule has 4 aromatic rings. The molecule has 152 valence electrons. The first kappa shape index (κ1) is 20.3. The molecule has 0 bridgehead atoms. The Morgan fingerprint density at radius 3 is 2.70 bits per heavy atom. The molecule has 0 aliphatic carbocycles. The van der Waals surface area contributed by atoms with E-state index in [-0.39, 0.29) is 23.2 Å². The molecule has 1 amide bonds. The number of thiophene rings is 1. The number of nitrogens with zero attached hydrogens (tertiary/aromatic N) is 2. The van der Waals surface area contributed by atoms with Gasteiger partial charge < -0.3 is 10.4 Å². The van der Waals surface area contributed by atoms with E-state index >= 15 is 0 Å². The number of rotatable bonds is 5. The largest absolute Gasteiger partial charge is 0.506 e. The van der Waals surface area contributed by atoms with E-state index in [9.17, 15) is 14.3 Å². The number of thioether (sulfide) groups is 1. The lowest BCUT2D eigenvalue weighted by Gasteiger charge is -2.09. The lowest BCUT2D eigenvalue weighted by atomic mass is 10.0. The first-order valence-corrected chi connectivity index (χ1v) is 10.9. The van der Waals surface area contributed by atoms with Crippen LogP contribution in [0.15, 0.2) is 53.8 Å². The molecule has 0 atom stereocenters. The third-order valence-corrected chi connectivity index (χ3v) is 6.53. The summed E-state index contributed by atoms with van der Waals surface area (Å²) in [7, 11) is 0. The number of hydrogen-bond donors (Lipinski definition) is 2. The normalized spacial score (nSPS) is 11.0. The van der Waals surface area contributed by atoms with Crippen LogP contribution in [0.1, 0.15) is 10.4 Å². The van der Waals surface area contributed by atoms with Crippen LogP contribution in [0.25, 0.3) is 21.3 Å². The van der Waals surface area contributed by atoms with Gasteiger partial charge in [-0.1, -0.05) is 30.0 Å². The predicted molar refractivity (Wildman–Crippen MR) is 120 cm³/mol. The zero-order valence-corrected chi connectivity index (χ0v) is 17.9. The maximum atomic E-state index is 13.4. The zero-order chi connectivity index (χ0) is 21.3. The molecular weight excluding hydrogens is 421 g/mol. The average Bonchev–Trinajstić information content (AvgIpc) is 3.06. The summed E-state index contributed by atoms with van der Waals surface area (Å²) in [6, 6.07) is 11.4. The van der Waals surface area contributed by atoms with Crippen LogP contribution in [0.4, 0.5) is 10.1 Å². The van der Waals surface area contributed by atoms with Gasteiger partial charge in [-0.05, 0) is 49.2 Å². The van der Waals surface area contributed by atoms with E-state index in [1.807, 2.05) is 13.8 Å². The first-order valence-electron chi connectivity index (χ1n) is 9.14. The summed E-state index contributed by atoms with van der Waals surface area (Å²) in [5, 5.41) is 14.2. The molecule has 4 rings (SSSR count). The van der Waals surface area contributed by atoms with Crippen LogP contribution in [0.3, 0.4) is 0 Å². The SMILES string of the molecule is Cc1ccc(O)c(NC(=O)CSc2ncnc3sc(C)c(-c4ccc(F)cc4)c23)c1. The molecule has 0 radical (unpaired) electrons. The molecule has 2 N–H and O–H groups in total. The monoisotopic (exact) mass is 439 g/mol. The average molecular weight is 440 g/mol. The summed E-state index contributed by atoms with van der Waals surface area (Å²) in [5.74, 6) is -0.395. The van der Waals surface area contributed by atoms with E-state index < -0.39 is 0 Å². The van der Waals surface area contributed by atoms with Crippen LogP contribution in [0.2, 0.25) is 0 Å². The number of anilines is 1. The number of nitrogens with one attached hydrogen (secondary N) is 1. The zero-order valence-electron chi connectivity index (χ0n) is 16.3. The molecule has 2 aromatic carbocycles. The highest BCUT2D eigenvalue weighted by atomic mass is 32.2. The fourth-order valence-corrected chi connectivity index (χ4v) is 5.04. The Morgan fingerprint density at radius 2 is 1.93 bits per heavy atom. The third kappa shape index (κ3) is 4.15. The molecule has 0 fully saturated rings. The standard InChI is InChI=1S/C22H18FN3O2S2/c1-12-3-8-17(27)16(9-12)26-18(28)10-29-21-20-19(14-4-6-15(23)7-5-14)13(2)30-22(20)25-11-24-21/h3-9,11,27H,10H2,1-2H3,(H,26,28). The Labute approximate surface area is 181 Å². The van der Waals surface area contributed by atoms with Crippen molar-refractivity contribution in [2.75, 3.05) is 11.1 Å². The second kappa shape index (κ2) is 8.41. The van der Waals surface area contributed by atoms with Gasteiger partial charge in [-0.25, -0.2) is 14.4 Å². The van der Waals surface area contributed by atoms with Gasteiger partial charge in [0.15, 0.2) is 0 Å². The van der Waals surface area contributed by atoms with E-state index in [4.69, 9.17) is 0 Å². The Bertz CT molecular complexity index is 1240. The minimum absolute atomic E-state index is 0.0235. The van der Waals surface area contributed by atoms with Crippen molar-refractivity contribution in [2.24, 2.45) is 0 Å². The number of phenolic OH excluding ortho intramolecular Hbond substituents is 1. The molecule has 0 saturated carbocycles. The van der Waals surface area contributed by atoms with Crippen LogP contribution in [-0.2, 0) is 4.79 Å². The summed E-state index contributed by atoms with van der Waals surface area (Å²) >= 11 is 2.84. The third-order valence-electron chi connectivity index (χ3n) is 4.53. The van der Waals surface area contributed by atoms with Crippen molar-refractivity contribution >= 4 is 44.9 Å². The minimum Gasteiger partial charge on any atom is -0.506 e. The summed E-state index contributed by atoms with van der Waals surface area (Å²) in [6.07, 6.45) is 1.49. The molecule has 0 aliphatic rings. The van der Waals surface area contributed by atoms with Crippen molar-refractivity contribution in [3.63, 3.8) is 0 Å². The Hall–Kier alpha value is -2.97. The number of aryl methyl sites for hydroxylation is 2. The van der Waals surface area contributed by atoms with E-state index in [0.29, 0.717) is 10.7 Å². The number of aromatic nitrogens is 2. The molecule has 5 nitrogen and oxygen atoms in total. The Morgan fingerprint density at radius 1 is 1.17 bits per heavy atom. The second-order valence-electron chi connectivity index (χ2n) is 6.76. The first-order chi connectivity index (χ1) is 14.4. The van der Waals surface area contributed by atoms with Gasteiger partial charge in [0.25, 0.3) is 0 Å². The van der Waals surface area contributed by atoms with Crippen molar-refractivity contribution in [2.45, 2.75) is 18.9 Å². The molecule has 0 saturated heterocycles. The topological polar surface area (TPSA) is 75.1 Å². The van der Waals surface area contributed by atoms with Crippen molar-refractivity contribution < 1.29 is 14.3 Å². The molecule has 0 unspecified atom stereocenters. The number of fused-ring (bicyclic) bond motifs is 1. The van der Waals surface area contributed by atoms with E-state index in [1.165, 1.54) is 30.2 Å². The second-order valence-corrected chi connectivity index (χ2v) is 8.92. The molecule has 2 heterocycles. The molecule has 2 aromatic heterocycles. The number of carbonyl (C=O) groups excluding carboxylic acids is 1. The van der Waals surface area contributed by atoms with Crippen molar-refractivity contribution in [3.05, 3.63) is 65.0 Å². The van der Waals surface area contributed by atoms with Crippen LogP contribution in [0, 0.1) is 19.7 Å². The van der Waals surface area contributed by atoms with Crippen LogP contribution in [-0.4, -0.2) is 26.7 Å². The maximum Gasteiger partial charge on any atom is 0.234 e. The van der Waals surface area contributed by atoms with Gasteiger partial charge in [0.2, 0.25) is 5.91 Å². The highest BCUT2D eigenvalue weighted by molar-refractivity contribution is 8.00. The highest BCUT2D eigenvalue weighted by Gasteiger charge is 2.18. The molecular formula is C22H18FN3O2S2. The summed E-state index contributed by atoms with van der Waals surface area (Å²) in [6.45, 7) is 3.88. The summed E-state index contributed by atoms with van der Waals surface area (Å²) in [5.41, 5.74) is 3.15. The van der Waals surface area contributed by atoms with Crippen LogP contribution >= 0.6 is 23.1 Å². The van der Waals surface area contributed by atoms with Crippen LogP contribution in [0.5, 0.6) is 5.75 Å². The van der Waals surface area contributed by atoms with E-state index in [2.05, 4.69) is 15.3 Å². The van der Waals surface area contributed by atoms with Crippen molar-refractivity contribution in [1.29, 1.82) is 0 Å². The van der Waals surface area contributed by atoms with Gasteiger partial charge in [0, 0.05) is 10.4 Å². The number of amides is 1. The lowest BCUT2D eigenvalue weighted by molar-refractivity contribution is -0.113. The number of carbonyl (C=O) groups is 1. The molecule has 8 heteroatoms. The number of halogens is 1. The summed E-state index contributed by atoms with van der Waals surface area (Å²) < 4.78 is 13.4. The van der Waals surface area contributed by atoms with Gasteiger partial charge in [-0.15, -0.1) is 11.3 Å². The fraction of sp³-hybridized carbons (Fsp3) is 0.136. The van der Waals surface area contributed by atoms with Crippen LogP contribution < -0.4 is 5.32 Å². The maximum absolute atomic E-state index is 13.4.